The molecule has 7 heteroatoms. The van der Waals surface area contributed by atoms with Gasteiger partial charge in [0, 0.05) is 37.8 Å². The molecule has 1 atom stereocenters. The van der Waals surface area contributed by atoms with Crippen LogP contribution in [0.2, 0.25) is 0 Å². The first kappa shape index (κ1) is 19.6. The Bertz CT molecular complexity index is 492. The molecule has 22 heavy (non-hydrogen) atoms. The smallest absolute Gasteiger partial charge is 0.194 e. The number of nitrogens with one attached hydrogen (secondary N) is 1. The lowest BCUT2D eigenvalue weighted by molar-refractivity contribution is 0.156. The summed E-state index contributed by atoms with van der Waals surface area (Å²) in [6.45, 7) is 3.34. The van der Waals surface area contributed by atoms with Crippen molar-refractivity contribution in [2.45, 2.75) is 25.3 Å². The summed E-state index contributed by atoms with van der Waals surface area (Å²) < 4.78 is 40.7. The van der Waals surface area contributed by atoms with Crippen LogP contribution in [0.25, 0.3) is 0 Å². The van der Waals surface area contributed by atoms with Crippen LogP contribution >= 0.6 is 24.8 Å². The summed E-state index contributed by atoms with van der Waals surface area (Å²) >= 11 is 0. The van der Waals surface area contributed by atoms with E-state index in [1.54, 1.807) is 0 Å². The predicted octanol–water partition coefficient (Wildman–Crippen LogP) is 3.69. The lowest BCUT2D eigenvalue weighted by atomic mass is 9.98. The van der Waals surface area contributed by atoms with Crippen LogP contribution < -0.4 is 5.32 Å². The molecule has 2 nitrogen and oxygen atoms in total. The van der Waals surface area contributed by atoms with E-state index in [1.165, 1.54) is 6.07 Å². The first-order valence-electron chi connectivity index (χ1n) is 7.25. The van der Waals surface area contributed by atoms with Crippen LogP contribution in [-0.2, 0) is 0 Å². The number of piperazine rings is 1. The number of nitrogens with zero attached hydrogens (tertiary/aromatic N) is 1. The SMILES string of the molecule is Cl.Cl.Fc1ccc([C@H](CC2CC2)N2CCNCC2)c(F)c1F. The fourth-order valence-corrected chi connectivity index (χ4v) is 2.93. The Morgan fingerprint density at radius 3 is 2.27 bits per heavy atom. The highest BCUT2D eigenvalue weighted by atomic mass is 35.5. The zero-order valence-electron chi connectivity index (χ0n) is 12.2. The van der Waals surface area contributed by atoms with E-state index < -0.39 is 17.5 Å². The van der Waals surface area contributed by atoms with E-state index in [1.807, 2.05) is 0 Å². The second-order valence-electron chi connectivity index (χ2n) is 5.75. The minimum absolute atomic E-state index is 0. The quantitative estimate of drug-likeness (QED) is 0.827. The van der Waals surface area contributed by atoms with Crippen molar-refractivity contribution in [3.63, 3.8) is 0 Å². The fraction of sp³-hybridized carbons (Fsp3) is 0.600. The molecule has 0 amide bonds. The Morgan fingerprint density at radius 2 is 1.68 bits per heavy atom. The van der Waals surface area contributed by atoms with Gasteiger partial charge in [-0.3, -0.25) is 4.90 Å². The summed E-state index contributed by atoms with van der Waals surface area (Å²) in [6.07, 6.45) is 3.16. The average Bonchev–Trinajstić information content (AvgIpc) is 3.28. The van der Waals surface area contributed by atoms with Crippen molar-refractivity contribution in [3.8, 4) is 0 Å². The molecule has 126 valence electrons. The summed E-state index contributed by atoms with van der Waals surface area (Å²) in [5.41, 5.74) is 0.303. The van der Waals surface area contributed by atoms with E-state index in [4.69, 9.17) is 0 Å². The highest BCUT2D eigenvalue weighted by Crippen LogP contribution is 2.41. The van der Waals surface area contributed by atoms with Crippen molar-refractivity contribution in [1.29, 1.82) is 0 Å². The number of halogens is 5. The predicted molar refractivity (Wildman–Crippen MR) is 85.3 cm³/mol. The number of hydrogen-bond acceptors (Lipinski definition) is 2. The topological polar surface area (TPSA) is 15.3 Å². The van der Waals surface area contributed by atoms with E-state index in [9.17, 15) is 13.2 Å². The van der Waals surface area contributed by atoms with Crippen LogP contribution in [0.4, 0.5) is 13.2 Å². The van der Waals surface area contributed by atoms with E-state index in [-0.39, 0.29) is 30.9 Å². The standard InChI is InChI=1S/C15H19F3N2.2ClH/c16-12-4-3-11(14(17)15(12)18)13(9-10-1-2-10)20-7-5-19-6-8-20;;/h3-4,10,13,19H,1-2,5-9H2;2*1H/t13-;;/m0../s1. The van der Waals surface area contributed by atoms with Gasteiger partial charge in [0.15, 0.2) is 17.5 Å². The summed E-state index contributed by atoms with van der Waals surface area (Å²) in [7, 11) is 0. The third-order valence-electron chi connectivity index (χ3n) is 4.27. The molecule has 0 spiro atoms. The van der Waals surface area contributed by atoms with Crippen molar-refractivity contribution in [2.24, 2.45) is 5.92 Å². The molecule has 1 aromatic rings. The van der Waals surface area contributed by atoms with Crippen molar-refractivity contribution >= 4 is 24.8 Å². The molecular weight excluding hydrogens is 336 g/mol. The molecule has 0 aromatic heterocycles. The molecular formula is C15H21Cl2F3N2. The molecule has 1 aliphatic heterocycles. The Balaban J connectivity index is 0.00000121. The minimum atomic E-state index is -1.35. The number of benzene rings is 1. The molecule has 1 saturated heterocycles. The fourth-order valence-electron chi connectivity index (χ4n) is 2.93. The van der Waals surface area contributed by atoms with Crippen molar-refractivity contribution < 1.29 is 13.2 Å². The molecule has 1 heterocycles. The summed E-state index contributed by atoms with van der Waals surface area (Å²) in [5, 5.41) is 3.26. The maximum atomic E-state index is 14.1. The number of hydrogen-bond donors (Lipinski definition) is 1. The maximum Gasteiger partial charge on any atom is 0.194 e. The van der Waals surface area contributed by atoms with Gasteiger partial charge in [0.2, 0.25) is 0 Å². The first-order valence-corrected chi connectivity index (χ1v) is 7.25. The third kappa shape index (κ3) is 4.28. The molecule has 0 radical (unpaired) electrons. The molecule has 0 unspecified atom stereocenters. The average molecular weight is 357 g/mol. The number of rotatable bonds is 4. The molecule has 1 N–H and O–H groups in total. The molecule has 1 aliphatic carbocycles. The summed E-state index contributed by atoms with van der Waals surface area (Å²) in [6, 6.07) is 2.30. The first-order chi connectivity index (χ1) is 9.66. The Labute approximate surface area is 141 Å². The summed E-state index contributed by atoms with van der Waals surface area (Å²) in [5.74, 6) is -2.88. The Morgan fingerprint density at radius 1 is 1.05 bits per heavy atom. The van der Waals surface area contributed by atoms with Gasteiger partial charge < -0.3 is 5.32 Å². The lowest BCUT2D eigenvalue weighted by Crippen LogP contribution is -2.45. The van der Waals surface area contributed by atoms with Crippen molar-refractivity contribution in [3.05, 3.63) is 35.1 Å². The lowest BCUT2D eigenvalue weighted by Gasteiger charge is -2.35. The molecule has 1 aromatic carbocycles. The van der Waals surface area contributed by atoms with Gasteiger partial charge in [-0.25, -0.2) is 13.2 Å². The second-order valence-corrected chi connectivity index (χ2v) is 5.75. The Hall–Kier alpha value is -0.490. The largest absolute Gasteiger partial charge is 0.314 e. The zero-order chi connectivity index (χ0) is 14.1. The highest BCUT2D eigenvalue weighted by Gasteiger charge is 2.32. The summed E-state index contributed by atoms with van der Waals surface area (Å²) in [4.78, 5) is 2.19. The van der Waals surface area contributed by atoms with E-state index in [0.717, 1.165) is 51.5 Å². The molecule has 0 bridgehead atoms. The third-order valence-corrected chi connectivity index (χ3v) is 4.27. The van der Waals surface area contributed by atoms with E-state index >= 15 is 0 Å². The van der Waals surface area contributed by atoms with Gasteiger partial charge in [0.1, 0.15) is 0 Å². The van der Waals surface area contributed by atoms with E-state index in [0.29, 0.717) is 11.5 Å². The normalized spacial score (nSPS) is 20.0. The molecule has 1 saturated carbocycles. The van der Waals surface area contributed by atoms with Crippen LogP contribution in [0.15, 0.2) is 12.1 Å². The van der Waals surface area contributed by atoms with Crippen molar-refractivity contribution in [1.82, 2.24) is 10.2 Å². The zero-order valence-corrected chi connectivity index (χ0v) is 13.8. The van der Waals surface area contributed by atoms with Gasteiger partial charge in [-0.2, -0.15) is 0 Å². The van der Waals surface area contributed by atoms with Gasteiger partial charge in [0.25, 0.3) is 0 Å². The van der Waals surface area contributed by atoms with Gasteiger partial charge in [-0.1, -0.05) is 18.9 Å². The van der Waals surface area contributed by atoms with Gasteiger partial charge in [-0.15, -0.1) is 24.8 Å². The van der Waals surface area contributed by atoms with E-state index in [2.05, 4.69) is 10.2 Å². The van der Waals surface area contributed by atoms with Gasteiger partial charge in [-0.05, 0) is 18.4 Å². The molecule has 3 rings (SSSR count). The van der Waals surface area contributed by atoms with Crippen LogP contribution in [0.1, 0.15) is 30.9 Å². The molecule has 2 fully saturated rings. The molecule has 2 aliphatic rings. The van der Waals surface area contributed by atoms with Crippen LogP contribution in [0.3, 0.4) is 0 Å². The van der Waals surface area contributed by atoms with Crippen molar-refractivity contribution in [2.75, 3.05) is 26.2 Å². The second kappa shape index (κ2) is 8.39. The van der Waals surface area contributed by atoms with Crippen LogP contribution in [-0.4, -0.2) is 31.1 Å². The van der Waals surface area contributed by atoms with Crippen LogP contribution in [0.5, 0.6) is 0 Å². The Kier molecular flexibility index (Phi) is 7.46. The van der Waals surface area contributed by atoms with Gasteiger partial charge in [0.05, 0.1) is 0 Å². The van der Waals surface area contributed by atoms with Crippen LogP contribution in [0, 0.1) is 23.4 Å². The maximum absolute atomic E-state index is 14.1. The minimum Gasteiger partial charge on any atom is -0.314 e. The monoisotopic (exact) mass is 356 g/mol. The van der Waals surface area contributed by atoms with Gasteiger partial charge >= 0.3 is 0 Å². The highest BCUT2D eigenvalue weighted by molar-refractivity contribution is 5.85.